The van der Waals surface area contributed by atoms with E-state index in [2.05, 4.69) is 26.8 Å². The minimum absolute atomic E-state index is 0.485. The predicted molar refractivity (Wildman–Crippen MR) is 72.8 cm³/mol. The van der Waals surface area contributed by atoms with Gasteiger partial charge >= 0.3 is 0 Å². The first-order valence-corrected chi connectivity index (χ1v) is 6.98. The fourth-order valence-electron chi connectivity index (χ4n) is 3.09. The monoisotopic (exact) mass is 262 g/mol. The van der Waals surface area contributed by atoms with Crippen LogP contribution < -0.4 is 0 Å². The molecule has 0 radical (unpaired) electrons. The zero-order valence-electron chi connectivity index (χ0n) is 11.7. The third-order valence-corrected chi connectivity index (χ3v) is 3.99. The molecule has 1 aromatic heterocycles. The van der Waals surface area contributed by atoms with E-state index in [9.17, 15) is 0 Å². The Bertz CT molecular complexity index is 422. The van der Waals surface area contributed by atoms with E-state index in [1.165, 1.54) is 5.56 Å². The maximum Gasteiger partial charge on any atom is 0.125 e. The van der Waals surface area contributed by atoms with Gasteiger partial charge in [-0.15, -0.1) is 0 Å². The standard InChI is InChI=1S/C14H22N4O/c1-11-15-3-12(4-16-11)6-18-7-13-5-17(2)8-14(18)10-19-9-13/h3-4,13-14H,5-10H2,1-2H3/t13-,14-/m0/s1. The van der Waals surface area contributed by atoms with Crippen molar-refractivity contribution in [3.8, 4) is 0 Å². The van der Waals surface area contributed by atoms with Crippen molar-refractivity contribution in [2.24, 2.45) is 5.92 Å². The second-order valence-corrected chi connectivity index (χ2v) is 5.85. The first-order chi connectivity index (χ1) is 9.20. The van der Waals surface area contributed by atoms with E-state index in [4.69, 9.17) is 4.74 Å². The second-order valence-electron chi connectivity index (χ2n) is 5.85. The first-order valence-electron chi connectivity index (χ1n) is 6.98. The average Bonchev–Trinajstić information content (AvgIpc) is 2.62. The summed E-state index contributed by atoms with van der Waals surface area (Å²) in [6.45, 7) is 7.92. The second kappa shape index (κ2) is 5.53. The molecule has 5 heteroatoms. The van der Waals surface area contributed by atoms with E-state index in [1.54, 1.807) is 0 Å². The molecule has 3 heterocycles. The van der Waals surface area contributed by atoms with E-state index in [0.29, 0.717) is 12.0 Å². The Morgan fingerprint density at radius 2 is 2.00 bits per heavy atom. The largest absolute Gasteiger partial charge is 0.379 e. The Balaban J connectivity index is 1.74. The molecule has 0 aromatic carbocycles. The van der Waals surface area contributed by atoms with Gasteiger partial charge in [0.15, 0.2) is 0 Å². The first kappa shape index (κ1) is 13.0. The van der Waals surface area contributed by atoms with E-state index in [-0.39, 0.29) is 0 Å². The zero-order valence-corrected chi connectivity index (χ0v) is 11.7. The number of nitrogens with zero attached hydrogens (tertiary/aromatic N) is 4. The van der Waals surface area contributed by atoms with Crippen molar-refractivity contribution in [2.45, 2.75) is 19.5 Å². The third kappa shape index (κ3) is 3.11. The smallest absolute Gasteiger partial charge is 0.125 e. The van der Waals surface area contributed by atoms with Crippen LogP contribution in [0, 0.1) is 12.8 Å². The average molecular weight is 262 g/mol. The van der Waals surface area contributed by atoms with Crippen LogP contribution in [-0.4, -0.2) is 65.7 Å². The number of rotatable bonds is 2. The summed E-state index contributed by atoms with van der Waals surface area (Å²) in [5.74, 6) is 1.45. The molecule has 5 nitrogen and oxygen atoms in total. The lowest BCUT2D eigenvalue weighted by Gasteiger charge is -2.29. The maximum atomic E-state index is 5.80. The van der Waals surface area contributed by atoms with E-state index in [1.807, 2.05) is 19.3 Å². The van der Waals surface area contributed by atoms with Crippen molar-refractivity contribution in [2.75, 3.05) is 39.9 Å². The molecule has 2 aliphatic heterocycles. The number of likely N-dealkylation sites (N-methyl/N-ethyl adjacent to an activating group) is 1. The lowest BCUT2D eigenvalue weighted by atomic mass is 10.1. The number of hydrogen-bond donors (Lipinski definition) is 0. The highest BCUT2D eigenvalue weighted by Gasteiger charge is 2.31. The Labute approximate surface area is 114 Å². The van der Waals surface area contributed by atoms with Crippen LogP contribution in [0.4, 0.5) is 0 Å². The van der Waals surface area contributed by atoms with Gasteiger partial charge in [0.1, 0.15) is 5.82 Å². The number of hydrogen-bond acceptors (Lipinski definition) is 5. The van der Waals surface area contributed by atoms with Gasteiger partial charge < -0.3 is 9.64 Å². The van der Waals surface area contributed by atoms with Crippen molar-refractivity contribution in [1.82, 2.24) is 19.8 Å². The van der Waals surface area contributed by atoms with Gasteiger partial charge in [0.2, 0.25) is 0 Å². The normalized spacial score (nSPS) is 29.2. The number of aromatic nitrogens is 2. The topological polar surface area (TPSA) is 41.5 Å². The van der Waals surface area contributed by atoms with Crippen molar-refractivity contribution < 1.29 is 4.74 Å². The molecule has 2 saturated heterocycles. The van der Waals surface area contributed by atoms with Gasteiger partial charge in [-0.2, -0.15) is 0 Å². The SMILES string of the molecule is Cc1ncc(CN2C[C@H]3COC[C@@H]2CN(C)C3)cn1. The molecule has 0 unspecified atom stereocenters. The summed E-state index contributed by atoms with van der Waals surface area (Å²) in [5.41, 5.74) is 1.20. The Morgan fingerprint density at radius 1 is 1.21 bits per heavy atom. The molecular formula is C14H22N4O. The third-order valence-electron chi connectivity index (χ3n) is 3.99. The van der Waals surface area contributed by atoms with Gasteiger partial charge in [-0.3, -0.25) is 4.90 Å². The minimum atomic E-state index is 0.485. The van der Waals surface area contributed by atoms with E-state index < -0.39 is 0 Å². The number of fused-ring (bicyclic) bond motifs is 3. The van der Waals surface area contributed by atoms with Crippen LogP contribution in [0.2, 0.25) is 0 Å². The summed E-state index contributed by atoms with van der Waals surface area (Å²) in [5, 5.41) is 0. The number of ether oxygens (including phenoxy) is 1. The summed E-state index contributed by atoms with van der Waals surface area (Å²) in [6.07, 6.45) is 3.89. The van der Waals surface area contributed by atoms with Crippen molar-refractivity contribution in [3.05, 3.63) is 23.8 Å². The van der Waals surface area contributed by atoms with Crippen LogP contribution in [0.1, 0.15) is 11.4 Å². The highest BCUT2D eigenvalue weighted by Crippen LogP contribution is 2.20. The summed E-state index contributed by atoms with van der Waals surface area (Å²) in [4.78, 5) is 13.5. The highest BCUT2D eigenvalue weighted by molar-refractivity contribution is 5.05. The van der Waals surface area contributed by atoms with Gasteiger partial charge in [-0.25, -0.2) is 9.97 Å². The van der Waals surface area contributed by atoms with Crippen LogP contribution in [-0.2, 0) is 11.3 Å². The fraction of sp³-hybridized carbons (Fsp3) is 0.714. The fourth-order valence-corrected chi connectivity index (χ4v) is 3.09. The summed E-state index contributed by atoms with van der Waals surface area (Å²) in [6, 6.07) is 0.485. The molecule has 0 spiro atoms. The quantitative estimate of drug-likeness (QED) is 0.778. The number of aryl methyl sites for hydroxylation is 1. The van der Waals surface area contributed by atoms with Gasteiger partial charge in [-0.1, -0.05) is 0 Å². The van der Waals surface area contributed by atoms with E-state index in [0.717, 1.165) is 45.2 Å². The Hall–Kier alpha value is -1.04. The molecular weight excluding hydrogens is 240 g/mol. The minimum Gasteiger partial charge on any atom is -0.379 e. The molecule has 0 amide bonds. The zero-order chi connectivity index (χ0) is 13.2. The van der Waals surface area contributed by atoms with Crippen LogP contribution in [0.5, 0.6) is 0 Å². The lowest BCUT2D eigenvalue weighted by Crippen LogP contribution is -2.42. The molecule has 0 saturated carbocycles. The van der Waals surface area contributed by atoms with Gasteiger partial charge in [0.05, 0.1) is 13.2 Å². The summed E-state index contributed by atoms with van der Waals surface area (Å²) >= 11 is 0. The molecule has 2 aliphatic rings. The molecule has 2 bridgehead atoms. The molecule has 0 N–H and O–H groups in total. The molecule has 3 rings (SSSR count). The predicted octanol–water partition coefficient (Wildman–Crippen LogP) is 0.547. The molecule has 19 heavy (non-hydrogen) atoms. The van der Waals surface area contributed by atoms with Crippen LogP contribution in [0.15, 0.2) is 12.4 Å². The lowest BCUT2D eigenvalue weighted by molar-refractivity contribution is 0.0561. The van der Waals surface area contributed by atoms with Crippen molar-refractivity contribution in [3.63, 3.8) is 0 Å². The molecule has 0 aliphatic carbocycles. The van der Waals surface area contributed by atoms with Crippen LogP contribution in [0.25, 0.3) is 0 Å². The van der Waals surface area contributed by atoms with Gasteiger partial charge in [0.25, 0.3) is 0 Å². The molecule has 1 aromatic rings. The van der Waals surface area contributed by atoms with Crippen LogP contribution >= 0.6 is 0 Å². The summed E-state index contributed by atoms with van der Waals surface area (Å²) in [7, 11) is 2.21. The highest BCUT2D eigenvalue weighted by atomic mass is 16.5. The molecule has 104 valence electrons. The molecule has 2 fully saturated rings. The van der Waals surface area contributed by atoms with Gasteiger partial charge in [-0.05, 0) is 14.0 Å². The van der Waals surface area contributed by atoms with E-state index >= 15 is 0 Å². The molecule has 2 atom stereocenters. The van der Waals surface area contributed by atoms with Crippen molar-refractivity contribution in [1.29, 1.82) is 0 Å². The van der Waals surface area contributed by atoms with Gasteiger partial charge in [0, 0.05) is 56.1 Å². The maximum absolute atomic E-state index is 5.80. The van der Waals surface area contributed by atoms with Crippen LogP contribution in [0.3, 0.4) is 0 Å². The Kier molecular flexibility index (Phi) is 3.77. The summed E-state index contributed by atoms with van der Waals surface area (Å²) < 4.78 is 5.80. The van der Waals surface area contributed by atoms with Crippen molar-refractivity contribution >= 4 is 0 Å². The Morgan fingerprint density at radius 3 is 2.79 bits per heavy atom.